The van der Waals surface area contributed by atoms with Crippen LogP contribution in [-0.2, 0) is 9.53 Å². The van der Waals surface area contributed by atoms with Crippen molar-refractivity contribution >= 4 is 5.97 Å². The van der Waals surface area contributed by atoms with Crippen molar-refractivity contribution in [2.24, 2.45) is 0 Å². The summed E-state index contributed by atoms with van der Waals surface area (Å²) in [5.41, 5.74) is 2.91. The molecule has 0 amide bonds. The average Bonchev–Trinajstić information content (AvgIpc) is 2.66. The molecule has 0 fully saturated rings. The number of esters is 1. The first kappa shape index (κ1) is 22.5. The van der Waals surface area contributed by atoms with E-state index in [2.05, 4.69) is 48.1 Å². The summed E-state index contributed by atoms with van der Waals surface area (Å²) in [6.45, 7) is 2.26. The van der Waals surface area contributed by atoms with E-state index < -0.39 is 0 Å². The van der Waals surface area contributed by atoms with Crippen LogP contribution in [0.15, 0.2) is 47.6 Å². The van der Waals surface area contributed by atoms with Gasteiger partial charge in [-0.05, 0) is 62.5 Å². The van der Waals surface area contributed by atoms with Crippen molar-refractivity contribution in [3.63, 3.8) is 0 Å². The van der Waals surface area contributed by atoms with Gasteiger partial charge in [0.25, 0.3) is 0 Å². The predicted octanol–water partition coefficient (Wildman–Crippen LogP) is 7.23. The van der Waals surface area contributed by atoms with Gasteiger partial charge in [-0.1, -0.05) is 69.1 Å². The molecule has 1 aliphatic carbocycles. The molecule has 26 heavy (non-hydrogen) atoms. The van der Waals surface area contributed by atoms with E-state index in [4.69, 9.17) is 0 Å². The third-order valence-electron chi connectivity index (χ3n) is 4.78. The van der Waals surface area contributed by atoms with Gasteiger partial charge in [-0.25, -0.2) is 0 Å². The summed E-state index contributed by atoms with van der Waals surface area (Å²) in [5, 5.41) is 0. The summed E-state index contributed by atoms with van der Waals surface area (Å²) >= 11 is 0. The molecule has 0 saturated heterocycles. The van der Waals surface area contributed by atoms with E-state index in [-0.39, 0.29) is 5.97 Å². The minimum absolute atomic E-state index is 0.106. The zero-order valence-electron chi connectivity index (χ0n) is 17.0. The normalized spacial score (nSPS) is 16.5. The van der Waals surface area contributed by atoms with E-state index in [1.165, 1.54) is 76.0 Å². The summed E-state index contributed by atoms with van der Waals surface area (Å²) in [5.74, 6) is -0.106. The van der Waals surface area contributed by atoms with Crippen molar-refractivity contribution < 1.29 is 9.53 Å². The number of methoxy groups -OCH3 is 1. The third-order valence-corrected chi connectivity index (χ3v) is 4.78. The van der Waals surface area contributed by atoms with Crippen LogP contribution >= 0.6 is 0 Å². The van der Waals surface area contributed by atoms with Crippen molar-refractivity contribution in [2.75, 3.05) is 7.11 Å². The summed E-state index contributed by atoms with van der Waals surface area (Å²) < 4.78 is 4.65. The van der Waals surface area contributed by atoms with Crippen molar-refractivity contribution in [3.8, 4) is 0 Å². The summed E-state index contributed by atoms with van der Waals surface area (Å²) in [4.78, 5) is 11.0. The van der Waals surface area contributed by atoms with Crippen LogP contribution in [-0.4, -0.2) is 13.1 Å². The molecule has 1 aliphatic rings. The van der Waals surface area contributed by atoms with Crippen LogP contribution < -0.4 is 0 Å². The summed E-state index contributed by atoms with van der Waals surface area (Å²) in [6, 6.07) is 0. The highest BCUT2D eigenvalue weighted by Crippen LogP contribution is 2.23. The lowest BCUT2D eigenvalue weighted by atomic mass is 9.94. The first-order chi connectivity index (χ1) is 12.8. The first-order valence-corrected chi connectivity index (χ1v) is 10.6. The highest BCUT2D eigenvalue weighted by Gasteiger charge is 2.04. The summed E-state index contributed by atoms with van der Waals surface area (Å²) in [7, 11) is 1.45. The van der Waals surface area contributed by atoms with Gasteiger partial charge < -0.3 is 4.74 Å². The number of hydrogen-bond acceptors (Lipinski definition) is 2. The van der Waals surface area contributed by atoms with Crippen LogP contribution in [0.2, 0.25) is 0 Å². The minimum Gasteiger partial charge on any atom is -0.469 e. The second-order valence-corrected chi connectivity index (χ2v) is 7.17. The number of hydrogen-bond donors (Lipinski definition) is 0. The Morgan fingerprint density at radius 2 is 1.81 bits per heavy atom. The largest absolute Gasteiger partial charge is 0.469 e. The standard InChI is InChI=1S/C24H38O2/c1-3-4-5-6-7-9-12-16-22-18-15-19-23(21-22)17-13-10-8-11-14-20-24(25)26-2/h10,12-13,16-17,21H,3-9,11,14-15,18-20H2,1-2H3/b13-10+,16-12+,23-17-. The minimum atomic E-state index is -0.106. The van der Waals surface area contributed by atoms with Gasteiger partial charge in [0.05, 0.1) is 7.11 Å². The van der Waals surface area contributed by atoms with E-state index >= 15 is 0 Å². The number of allylic oxidation sites excluding steroid dienone is 8. The lowest BCUT2D eigenvalue weighted by Crippen LogP contribution is -1.98. The van der Waals surface area contributed by atoms with Crippen molar-refractivity contribution in [3.05, 3.63) is 47.6 Å². The average molecular weight is 359 g/mol. The molecule has 146 valence electrons. The van der Waals surface area contributed by atoms with Crippen LogP contribution in [0.5, 0.6) is 0 Å². The van der Waals surface area contributed by atoms with Gasteiger partial charge in [-0.15, -0.1) is 0 Å². The molecule has 0 aromatic carbocycles. The Morgan fingerprint density at radius 1 is 1.04 bits per heavy atom. The van der Waals surface area contributed by atoms with Crippen LogP contribution in [0.3, 0.4) is 0 Å². The first-order valence-electron chi connectivity index (χ1n) is 10.6. The van der Waals surface area contributed by atoms with E-state index in [1.807, 2.05) is 0 Å². The second-order valence-electron chi connectivity index (χ2n) is 7.17. The number of rotatable bonds is 13. The maximum Gasteiger partial charge on any atom is 0.305 e. The Balaban J connectivity index is 2.25. The molecule has 0 aromatic rings. The van der Waals surface area contributed by atoms with Gasteiger partial charge in [0.2, 0.25) is 0 Å². The molecule has 2 heteroatoms. The fourth-order valence-electron chi connectivity index (χ4n) is 3.16. The lowest BCUT2D eigenvalue weighted by Gasteiger charge is -2.12. The van der Waals surface area contributed by atoms with E-state index in [1.54, 1.807) is 0 Å². The maximum absolute atomic E-state index is 11.0. The fourth-order valence-corrected chi connectivity index (χ4v) is 3.16. The Kier molecular flexibility index (Phi) is 13.5. The fraction of sp³-hybridized carbons (Fsp3) is 0.625. The van der Waals surface area contributed by atoms with Crippen LogP contribution in [0.25, 0.3) is 0 Å². The van der Waals surface area contributed by atoms with E-state index in [9.17, 15) is 4.79 Å². The molecule has 1 rings (SSSR count). The van der Waals surface area contributed by atoms with Crippen LogP contribution in [0, 0.1) is 0 Å². The molecule has 0 bridgehead atoms. The Morgan fingerprint density at radius 3 is 2.62 bits per heavy atom. The van der Waals surface area contributed by atoms with Gasteiger partial charge >= 0.3 is 5.97 Å². The molecule has 0 atom stereocenters. The molecule has 0 aliphatic heterocycles. The molecule has 0 saturated carbocycles. The second kappa shape index (κ2) is 15.7. The van der Waals surface area contributed by atoms with E-state index in [0.29, 0.717) is 6.42 Å². The van der Waals surface area contributed by atoms with E-state index in [0.717, 1.165) is 19.3 Å². The smallest absolute Gasteiger partial charge is 0.305 e. The molecule has 0 aromatic heterocycles. The van der Waals surface area contributed by atoms with Crippen LogP contribution in [0.4, 0.5) is 0 Å². The Hall–Kier alpha value is -1.57. The van der Waals surface area contributed by atoms with Crippen molar-refractivity contribution in [1.82, 2.24) is 0 Å². The maximum atomic E-state index is 11.0. The molecular formula is C24H38O2. The predicted molar refractivity (Wildman–Crippen MR) is 112 cm³/mol. The quantitative estimate of drug-likeness (QED) is 0.256. The number of ether oxygens (including phenoxy) is 1. The van der Waals surface area contributed by atoms with Gasteiger partial charge in [0, 0.05) is 6.42 Å². The number of unbranched alkanes of at least 4 members (excludes halogenated alkanes) is 7. The monoisotopic (exact) mass is 358 g/mol. The zero-order chi connectivity index (χ0) is 18.9. The summed E-state index contributed by atoms with van der Waals surface area (Å²) in [6.07, 6.45) is 28.8. The van der Waals surface area contributed by atoms with Gasteiger partial charge in [0.15, 0.2) is 0 Å². The Bertz CT molecular complexity index is 494. The SMILES string of the molecule is CCCCCCC/C=C/C1=CC(=C\C=C\CCCCC(=O)OC)/CCC1. The molecule has 0 N–H and O–H groups in total. The molecule has 0 spiro atoms. The molecule has 0 radical (unpaired) electrons. The lowest BCUT2D eigenvalue weighted by molar-refractivity contribution is -0.140. The molecular weight excluding hydrogens is 320 g/mol. The third kappa shape index (κ3) is 11.9. The number of carbonyl (C=O) groups is 1. The molecule has 0 heterocycles. The van der Waals surface area contributed by atoms with Gasteiger partial charge in [-0.3, -0.25) is 4.79 Å². The van der Waals surface area contributed by atoms with Crippen molar-refractivity contribution in [1.29, 1.82) is 0 Å². The van der Waals surface area contributed by atoms with Gasteiger partial charge in [0.1, 0.15) is 0 Å². The highest BCUT2D eigenvalue weighted by atomic mass is 16.5. The highest BCUT2D eigenvalue weighted by molar-refractivity contribution is 5.68. The van der Waals surface area contributed by atoms with Crippen molar-refractivity contribution in [2.45, 2.75) is 90.4 Å². The van der Waals surface area contributed by atoms with Crippen LogP contribution in [0.1, 0.15) is 90.4 Å². The number of carbonyl (C=O) groups excluding carboxylic acids is 1. The Labute approximate surface area is 161 Å². The zero-order valence-corrected chi connectivity index (χ0v) is 17.0. The topological polar surface area (TPSA) is 26.3 Å². The van der Waals surface area contributed by atoms with Gasteiger partial charge in [-0.2, -0.15) is 0 Å². The molecule has 0 unspecified atom stereocenters. The molecule has 2 nitrogen and oxygen atoms in total.